The lowest BCUT2D eigenvalue weighted by Crippen LogP contribution is -2.44. The van der Waals surface area contributed by atoms with Gasteiger partial charge >= 0.3 is 5.97 Å². The summed E-state index contributed by atoms with van der Waals surface area (Å²) in [6, 6.07) is 5.96. The number of carboxylic acids is 1. The number of benzene rings is 1. The monoisotopic (exact) mass is 361 g/mol. The Balaban J connectivity index is 2.30. The van der Waals surface area contributed by atoms with Crippen LogP contribution in [0, 0.1) is 0 Å². The van der Waals surface area contributed by atoms with Gasteiger partial charge in [0.25, 0.3) is 0 Å². The van der Waals surface area contributed by atoms with Crippen molar-refractivity contribution in [3.8, 4) is 0 Å². The van der Waals surface area contributed by atoms with Crippen LogP contribution >= 0.6 is 15.9 Å². The molecule has 1 atom stereocenters. The molecule has 1 heterocycles. The van der Waals surface area contributed by atoms with E-state index in [-0.39, 0.29) is 11.3 Å². The second kappa shape index (κ2) is 6.24. The van der Waals surface area contributed by atoms with Crippen molar-refractivity contribution in [2.45, 2.75) is 36.6 Å². The van der Waals surface area contributed by atoms with Crippen molar-refractivity contribution in [1.29, 1.82) is 0 Å². The third kappa shape index (κ3) is 3.39. The van der Waals surface area contributed by atoms with Crippen LogP contribution in [0.3, 0.4) is 0 Å². The lowest BCUT2D eigenvalue weighted by Gasteiger charge is -2.33. The van der Waals surface area contributed by atoms with Gasteiger partial charge in [-0.3, -0.25) is 4.79 Å². The zero-order valence-electron chi connectivity index (χ0n) is 10.8. The Bertz CT molecular complexity index is 585. The van der Waals surface area contributed by atoms with Crippen LogP contribution in [0.25, 0.3) is 0 Å². The Kier molecular flexibility index (Phi) is 4.82. The lowest BCUT2D eigenvalue weighted by atomic mass is 10.0. The summed E-state index contributed by atoms with van der Waals surface area (Å²) in [5.74, 6) is -0.965. The van der Waals surface area contributed by atoms with Crippen LogP contribution in [0.1, 0.15) is 25.7 Å². The zero-order valence-corrected chi connectivity index (χ0v) is 13.2. The molecule has 20 heavy (non-hydrogen) atoms. The van der Waals surface area contributed by atoms with Crippen molar-refractivity contribution in [2.75, 3.05) is 6.54 Å². The molecule has 1 saturated heterocycles. The lowest BCUT2D eigenvalue weighted by molar-refractivity contribution is -0.138. The molecule has 1 aliphatic heterocycles. The number of carboxylic acid groups (broad SMARTS) is 1. The summed E-state index contributed by atoms with van der Waals surface area (Å²) in [4.78, 5) is 11.1. The van der Waals surface area contributed by atoms with Gasteiger partial charge in [-0.15, -0.1) is 0 Å². The molecule has 0 spiro atoms. The van der Waals surface area contributed by atoms with Gasteiger partial charge in [0.05, 0.1) is 11.3 Å². The highest BCUT2D eigenvalue weighted by Crippen LogP contribution is 2.27. The molecule has 110 valence electrons. The minimum atomic E-state index is -3.62. The number of carbonyl (C=O) groups is 1. The molecule has 0 bridgehead atoms. The number of halogens is 1. The minimum Gasteiger partial charge on any atom is -0.481 e. The van der Waals surface area contributed by atoms with E-state index >= 15 is 0 Å². The largest absolute Gasteiger partial charge is 0.481 e. The summed E-state index contributed by atoms with van der Waals surface area (Å²) in [5.41, 5.74) is 0. The van der Waals surface area contributed by atoms with Gasteiger partial charge in [-0.2, -0.15) is 4.31 Å². The van der Waals surface area contributed by atoms with Gasteiger partial charge in [0, 0.05) is 17.1 Å². The van der Waals surface area contributed by atoms with Crippen molar-refractivity contribution in [3.63, 3.8) is 0 Å². The fourth-order valence-corrected chi connectivity index (χ4v) is 4.40. The van der Waals surface area contributed by atoms with Crippen LogP contribution in [0.5, 0.6) is 0 Å². The predicted molar refractivity (Wildman–Crippen MR) is 77.9 cm³/mol. The first-order chi connectivity index (χ1) is 9.41. The fraction of sp³-hybridized carbons (Fsp3) is 0.462. The number of nitrogens with zero attached hydrogens (tertiary/aromatic N) is 1. The van der Waals surface area contributed by atoms with Crippen LogP contribution in [0.15, 0.2) is 33.6 Å². The number of sulfonamides is 1. The van der Waals surface area contributed by atoms with Gasteiger partial charge in [-0.05, 0) is 37.1 Å². The first kappa shape index (κ1) is 15.5. The molecule has 0 amide bonds. The highest BCUT2D eigenvalue weighted by molar-refractivity contribution is 9.10. The molecule has 2 rings (SSSR count). The Morgan fingerprint density at radius 3 is 2.55 bits per heavy atom. The van der Waals surface area contributed by atoms with Gasteiger partial charge in [-0.1, -0.05) is 22.4 Å². The molecule has 0 radical (unpaired) electrons. The standard InChI is InChI=1S/C13H16BrNO4S/c14-10-4-6-12(7-5-10)20(18,19)15-8-2-1-3-11(15)9-13(16)17/h4-7,11H,1-3,8-9H2,(H,16,17). The third-order valence-corrected chi connectivity index (χ3v) is 5.90. The average Bonchev–Trinajstić information content (AvgIpc) is 2.39. The Morgan fingerprint density at radius 1 is 1.30 bits per heavy atom. The van der Waals surface area contributed by atoms with Crippen molar-refractivity contribution in [2.24, 2.45) is 0 Å². The van der Waals surface area contributed by atoms with Crippen LogP contribution in [-0.4, -0.2) is 36.4 Å². The molecule has 1 aromatic carbocycles. The van der Waals surface area contributed by atoms with Gasteiger partial charge < -0.3 is 5.11 Å². The highest BCUT2D eigenvalue weighted by Gasteiger charge is 2.34. The van der Waals surface area contributed by atoms with Crippen LogP contribution in [-0.2, 0) is 14.8 Å². The number of piperidine rings is 1. The van der Waals surface area contributed by atoms with Gasteiger partial charge in [0.1, 0.15) is 0 Å². The minimum absolute atomic E-state index is 0.143. The third-order valence-electron chi connectivity index (χ3n) is 3.40. The molecule has 1 unspecified atom stereocenters. The molecule has 1 aliphatic rings. The number of rotatable bonds is 4. The molecule has 0 aromatic heterocycles. The van der Waals surface area contributed by atoms with E-state index < -0.39 is 22.0 Å². The highest BCUT2D eigenvalue weighted by atomic mass is 79.9. The topological polar surface area (TPSA) is 74.7 Å². The molecular formula is C13H16BrNO4S. The van der Waals surface area contributed by atoms with E-state index in [2.05, 4.69) is 15.9 Å². The molecule has 0 aliphatic carbocycles. The average molecular weight is 362 g/mol. The summed E-state index contributed by atoms with van der Waals surface area (Å²) in [7, 11) is -3.62. The van der Waals surface area contributed by atoms with E-state index in [0.29, 0.717) is 13.0 Å². The SMILES string of the molecule is O=C(O)CC1CCCCN1S(=O)(=O)c1ccc(Br)cc1. The molecule has 1 aromatic rings. The number of aliphatic carboxylic acids is 1. The van der Waals surface area contributed by atoms with E-state index in [4.69, 9.17) is 5.11 Å². The fourth-order valence-electron chi connectivity index (χ4n) is 2.44. The van der Waals surface area contributed by atoms with Gasteiger partial charge in [0.15, 0.2) is 0 Å². The van der Waals surface area contributed by atoms with Crippen LogP contribution in [0.2, 0.25) is 0 Å². The summed E-state index contributed by atoms with van der Waals surface area (Å²) in [5, 5.41) is 8.93. The van der Waals surface area contributed by atoms with Crippen LogP contribution in [0.4, 0.5) is 0 Å². The second-order valence-corrected chi connectivity index (χ2v) is 7.62. The second-order valence-electron chi connectivity index (χ2n) is 4.82. The van der Waals surface area contributed by atoms with E-state index in [1.165, 1.54) is 16.4 Å². The zero-order chi connectivity index (χ0) is 14.8. The van der Waals surface area contributed by atoms with Gasteiger partial charge in [0.2, 0.25) is 10.0 Å². The molecule has 7 heteroatoms. The maximum atomic E-state index is 12.6. The first-order valence-corrected chi connectivity index (χ1v) is 8.64. The predicted octanol–water partition coefficient (Wildman–Crippen LogP) is 2.47. The molecule has 5 nitrogen and oxygen atoms in total. The Morgan fingerprint density at radius 2 is 1.95 bits per heavy atom. The summed E-state index contributed by atoms with van der Waals surface area (Å²) < 4.78 is 27.4. The van der Waals surface area contributed by atoms with Crippen molar-refractivity contribution >= 4 is 31.9 Å². The maximum absolute atomic E-state index is 12.6. The summed E-state index contributed by atoms with van der Waals surface area (Å²) in [6.45, 7) is 0.385. The van der Waals surface area contributed by atoms with Gasteiger partial charge in [-0.25, -0.2) is 8.42 Å². The maximum Gasteiger partial charge on any atom is 0.304 e. The molecular weight excluding hydrogens is 346 g/mol. The van der Waals surface area contributed by atoms with Crippen molar-refractivity contribution < 1.29 is 18.3 Å². The van der Waals surface area contributed by atoms with Crippen molar-refractivity contribution in [3.05, 3.63) is 28.7 Å². The smallest absolute Gasteiger partial charge is 0.304 e. The Labute approximate surface area is 126 Å². The van der Waals surface area contributed by atoms with E-state index in [1.807, 2.05) is 0 Å². The van der Waals surface area contributed by atoms with E-state index in [0.717, 1.165) is 17.3 Å². The molecule has 1 fully saturated rings. The first-order valence-electron chi connectivity index (χ1n) is 6.40. The quantitative estimate of drug-likeness (QED) is 0.893. The number of hydrogen-bond donors (Lipinski definition) is 1. The number of hydrogen-bond acceptors (Lipinski definition) is 3. The summed E-state index contributed by atoms with van der Waals surface area (Å²) in [6.07, 6.45) is 2.09. The van der Waals surface area contributed by atoms with Crippen molar-refractivity contribution in [1.82, 2.24) is 4.31 Å². The normalized spacial score (nSPS) is 20.8. The molecule has 0 saturated carbocycles. The van der Waals surface area contributed by atoms with E-state index in [1.54, 1.807) is 12.1 Å². The summed E-state index contributed by atoms with van der Waals surface area (Å²) >= 11 is 3.27. The van der Waals surface area contributed by atoms with Crippen LogP contribution < -0.4 is 0 Å². The molecule has 1 N–H and O–H groups in total. The Hall–Kier alpha value is -0.920. The van der Waals surface area contributed by atoms with E-state index in [9.17, 15) is 13.2 Å².